The molecule has 0 saturated heterocycles. The molecule has 0 saturated carbocycles. The molecule has 2 rings (SSSR count). The van der Waals surface area contributed by atoms with Gasteiger partial charge in [0.2, 0.25) is 0 Å². The van der Waals surface area contributed by atoms with Gasteiger partial charge in [0, 0.05) is 5.69 Å². The van der Waals surface area contributed by atoms with Crippen LogP contribution in [0.4, 0.5) is 5.69 Å². The summed E-state index contributed by atoms with van der Waals surface area (Å²) in [4.78, 5) is 0. The summed E-state index contributed by atoms with van der Waals surface area (Å²) in [6.45, 7) is 6.82. The number of benzene rings is 1. The first-order valence-electron chi connectivity index (χ1n) is 7.52. The molecule has 0 aliphatic rings. The average molecular weight is 289 g/mol. The Morgan fingerprint density at radius 2 is 2.10 bits per heavy atom. The predicted octanol–water partition coefficient (Wildman–Crippen LogP) is 3.07. The van der Waals surface area contributed by atoms with Gasteiger partial charge in [-0.05, 0) is 42.3 Å². The molecule has 1 aromatic carbocycles. The predicted molar refractivity (Wildman–Crippen MR) is 83.1 cm³/mol. The quantitative estimate of drug-likeness (QED) is 0.792. The first kappa shape index (κ1) is 15.3. The van der Waals surface area contributed by atoms with E-state index < -0.39 is 0 Å². The molecule has 1 unspecified atom stereocenters. The minimum atomic E-state index is 0.272. The molecule has 0 amide bonds. The number of anilines is 1. The summed E-state index contributed by atoms with van der Waals surface area (Å²) in [7, 11) is 0. The zero-order chi connectivity index (χ0) is 15.2. The summed E-state index contributed by atoms with van der Waals surface area (Å²) in [6.07, 6.45) is 3.09. The van der Waals surface area contributed by atoms with Crippen LogP contribution >= 0.6 is 0 Å². The van der Waals surface area contributed by atoms with Crippen LogP contribution in [0.25, 0.3) is 11.4 Å². The van der Waals surface area contributed by atoms with Gasteiger partial charge in [0.25, 0.3) is 0 Å². The number of nitrogens with zero attached hydrogens (tertiary/aromatic N) is 4. The Morgan fingerprint density at radius 3 is 2.76 bits per heavy atom. The summed E-state index contributed by atoms with van der Waals surface area (Å²) in [6, 6.07) is 5.89. The van der Waals surface area contributed by atoms with Gasteiger partial charge in [0.15, 0.2) is 5.82 Å². The summed E-state index contributed by atoms with van der Waals surface area (Å²) in [5.74, 6) is 1.40. The van der Waals surface area contributed by atoms with Crippen LogP contribution in [-0.2, 0) is 0 Å². The average Bonchev–Trinajstić information content (AvgIpc) is 2.94. The number of nitrogens with two attached hydrogens (primary N) is 1. The SMILES string of the molecule is CCCC(CC)n1nnnc1-c1c(N)cccc1OCC. The second kappa shape index (κ2) is 7.06. The van der Waals surface area contributed by atoms with Crippen molar-refractivity contribution in [2.24, 2.45) is 0 Å². The van der Waals surface area contributed by atoms with Crippen LogP contribution in [0, 0.1) is 0 Å². The molecule has 2 aromatic rings. The molecule has 1 heterocycles. The van der Waals surface area contributed by atoms with Crippen LogP contribution < -0.4 is 10.5 Å². The highest BCUT2D eigenvalue weighted by Crippen LogP contribution is 2.35. The van der Waals surface area contributed by atoms with Crippen molar-refractivity contribution in [1.29, 1.82) is 0 Å². The van der Waals surface area contributed by atoms with E-state index in [0.717, 1.165) is 30.6 Å². The molecule has 6 nitrogen and oxygen atoms in total. The second-order valence-electron chi connectivity index (χ2n) is 4.95. The Bertz CT molecular complexity index is 581. The number of nitrogen functional groups attached to an aromatic ring is 1. The van der Waals surface area contributed by atoms with Crippen LogP contribution in [-0.4, -0.2) is 26.8 Å². The molecule has 6 heteroatoms. The molecule has 21 heavy (non-hydrogen) atoms. The zero-order valence-corrected chi connectivity index (χ0v) is 12.9. The van der Waals surface area contributed by atoms with E-state index in [2.05, 4.69) is 29.4 Å². The summed E-state index contributed by atoms with van der Waals surface area (Å²) >= 11 is 0. The molecular weight excluding hydrogens is 266 g/mol. The Morgan fingerprint density at radius 1 is 1.29 bits per heavy atom. The van der Waals surface area contributed by atoms with Crippen LogP contribution in [0.1, 0.15) is 46.1 Å². The monoisotopic (exact) mass is 289 g/mol. The Balaban J connectivity index is 2.50. The van der Waals surface area contributed by atoms with Crippen molar-refractivity contribution in [2.45, 2.75) is 46.1 Å². The lowest BCUT2D eigenvalue weighted by Gasteiger charge is -2.17. The number of hydrogen-bond acceptors (Lipinski definition) is 5. The number of ether oxygens (including phenoxy) is 1. The molecule has 1 atom stereocenters. The fourth-order valence-electron chi connectivity index (χ4n) is 2.50. The maximum atomic E-state index is 6.14. The topological polar surface area (TPSA) is 78.9 Å². The lowest BCUT2D eigenvalue weighted by atomic mass is 10.1. The molecule has 1 aromatic heterocycles. The van der Waals surface area contributed by atoms with E-state index >= 15 is 0 Å². The van der Waals surface area contributed by atoms with E-state index in [1.165, 1.54) is 0 Å². The molecule has 114 valence electrons. The van der Waals surface area contributed by atoms with Gasteiger partial charge < -0.3 is 10.5 Å². The van der Waals surface area contributed by atoms with Gasteiger partial charge in [-0.1, -0.05) is 26.3 Å². The summed E-state index contributed by atoms with van der Waals surface area (Å²) in [5, 5.41) is 12.2. The van der Waals surface area contributed by atoms with Crippen molar-refractivity contribution in [3.63, 3.8) is 0 Å². The van der Waals surface area contributed by atoms with Crippen molar-refractivity contribution in [2.75, 3.05) is 12.3 Å². The lowest BCUT2D eigenvalue weighted by molar-refractivity contribution is 0.340. The van der Waals surface area contributed by atoms with Gasteiger partial charge in [0.05, 0.1) is 18.2 Å². The third-order valence-electron chi connectivity index (χ3n) is 3.51. The van der Waals surface area contributed by atoms with E-state index in [0.29, 0.717) is 18.1 Å². The Hall–Kier alpha value is -2.11. The summed E-state index contributed by atoms with van der Waals surface area (Å²) < 4.78 is 7.55. The Kier molecular flexibility index (Phi) is 5.14. The third kappa shape index (κ3) is 3.15. The highest BCUT2D eigenvalue weighted by Gasteiger charge is 2.21. The first-order valence-corrected chi connectivity index (χ1v) is 7.52. The third-order valence-corrected chi connectivity index (χ3v) is 3.51. The number of hydrogen-bond donors (Lipinski definition) is 1. The molecule has 0 spiro atoms. The van der Waals surface area contributed by atoms with Gasteiger partial charge in [-0.3, -0.25) is 0 Å². The minimum Gasteiger partial charge on any atom is -0.493 e. The smallest absolute Gasteiger partial charge is 0.188 e. The Labute approximate surface area is 125 Å². The van der Waals surface area contributed by atoms with E-state index in [1.807, 2.05) is 29.8 Å². The van der Waals surface area contributed by atoms with Crippen LogP contribution in [0.5, 0.6) is 5.75 Å². The van der Waals surface area contributed by atoms with Gasteiger partial charge in [0.1, 0.15) is 5.75 Å². The van der Waals surface area contributed by atoms with Crippen molar-refractivity contribution in [3.05, 3.63) is 18.2 Å². The molecule has 0 aliphatic carbocycles. The standard InChI is InChI=1S/C15H23N5O/c1-4-8-11(5-2)20-15(17-18-19-20)14-12(16)9-7-10-13(14)21-6-3/h7,9-11H,4-6,8,16H2,1-3H3. The fraction of sp³-hybridized carbons (Fsp3) is 0.533. The molecule has 2 N–H and O–H groups in total. The molecule has 0 fully saturated rings. The molecule has 0 bridgehead atoms. The maximum Gasteiger partial charge on any atom is 0.188 e. The van der Waals surface area contributed by atoms with Crippen molar-refractivity contribution >= 4 is 5.69 Å². The maximum absolute atomic E-state index is 6.14. The lowest BCUT2D eigenvalue weighted by Crippen LogP contribution is -2.12. The van der Waals surface area contributed by atoms with Crippen LogP contribution in [0.2, 0.25) is 0 Å². The highest BCUT2D eigenvalue weighted by molar-refractivity contribution is 5.77. The first-order chi connectivity index (χ1) is 10.2. The van der Waals surface area contributed by atoms with E-state index in [4.69, 9.17) is 10.5 Å². The van der Waals surface area contributed by atoms with Crippen molar-refractivity contribution in [3.8, 4) is 17.1 Å². The molecule has 0 aliphatic heterocycles. The summed E-state index contributed by atoms with van der Waals surface area (Å²) in [5.41, 5.74) is 7.54. The fourth-order valence-corrected chi connectivity index (χ4v) is 2.50. The minimum absolute atomic E-state index is 0.272. The van der Waals surface area contributed by atoms with Gasteiger partial charge in [-0.25, -0.2) is 4.68 Å². The van der Waals surface area contributed by atoms with E-state index in [-0.39, 0.29) is 6.04 Å². The number of rotatable bonds is 7. The van der Waals surface area contributed by atoms with Crippen molar-refractivity contribution in [1.82, 2.24) is 20.2 Å². The number of tetrazole rings is 1. The molecular formula is C15H23N5O. The largest absolute Gasteiger partial charge is 0.493 e. The molecule has 0 radical (unpaired) electrons. The highest BCUT2D eigenvalue weighted by atomic mass is 16.5. The van der Waals surface area contributed by atoms with Gasteiger partial charge >= 0.3 is 0 Å². The van der Waals surface area contributed by atoms with E-state index in [1.54, 1.807) is 0 Å². The van der Waals surface area contributed by atoms with Crippen LogP contribution in [0.3, 0.4) is 0 Å². The van der Waals surface area contributed by atoms with Crippen molar-refractivity contribution < 1.29 is 4.74 Å². The number of aromatic nitrogens is 4. The van der Waals surface area contributed by atoms with E-state index in [9.17, 15) is 0 Å². The second-order valence-corrected chi connectivity index (χ2v) is 4.95. The zero-order valence-electron chi connectivity index (χ0n) is 12.9. The normalized spacial score (nSPS) is 12.3. The van der Waals surface area contributed by atoms with Crippen LogP contribution in [0.15, 0.2) is 18.2 Å². The van der Waals surface area contributed by atoms with Gasteiger partial charge in [-0.2, -0.15) is 0 Å². The van der Waals surface area contributed by atoms with Gasteiger partial charge in [-0.15, -0.1) is 5.10 Å².